The van der Waals surface area contributed by atoms with Gasteiger partial charge in [-0.15, -0.1) is 5.10 Å². The quantitative estimate of drug-likeness (QED) is 0.429. The van der Waals surface area contributed by atoms with Crippen LogP contribution in [0.4, 0.5) is 10.3 Å². The Labute approximate surface area is 174 Å². The number of esters is 1. The van der Waals surface area contributed by atoms with E-state index in [2.05, 4.69) is 20.2 Å². The van der Waals surface area contributed by atoms with Gasteiger partial charge in [0.1, 0.15) is 5.82 Å². The fourth-order valence-electron chi connectivity index (χ4n) is 3.37. The van der Waals surface area contributed by atoms with Crippen molar-refractivity contribution in [1.29, 1.82) is 0 Å². The van der Waals surface area contributed by atoms with E-state index >= 15 is 0 Å². The summed E-state index contributed by atoms with van der Waals surface area (Å²) in [5.41, 5.74) is 7.33. The van der Waals surface area contributed by atoms with Crippen molar-refractivity contribution < 1.29 is 18.3 Å². The molecule has 1 atom stereocenters. The number of nitrogen functional groups attached to an aromatic ring is 1. The summed E-state index contributed by atoms with van der Waals surface area (Å²) in [6.45, 7) is 1.87. The molecule has 0 fully saturated rings. The summed E-state index contributed by atoms with van der Waals surface area (Å²) in [4.78, 5) is 21.7. The van der Waals surface area contributed by atoms with Crippen LogP contribution in [0.5, 0.6) is 0 Å². The summed E-state index contributed by atoms with van der Waals surface area (Å²) >= 11 is 0. The molecule has 1 aromatic carbocycles. The predicted octanol–water partition coefficient (Wildman–Crippen LogP) is 2.61. The average Bonchev–Trinajstić information content (AvgIpc) is 3.49. The second kappa shape index (κ2) is 7.20. The minimum absolute atomic E-state index is 0.0521. The molecule has 0 spiro atoms. The molecule has 5 aromatic rings. The Bertz CT molecular complexity index is 1390. The normalized spacial score (nSPS) is 12.5. The van der Waals surface area contributed by atoms with E-state index in [0.29, 0.717) is 33.8 Å². The zero-order valence-corrected chi connectivity index (χ0v) is 16.3. The maximum atomic E-state index is 13.4. The number of halogens is 1. The number of benzene rings is 1. The molecule has 0 bridgehead atoms. The van der Waals surface area contributed by atoms with Crippen LogP contribution >= 0.6 is 0 Å². The number of nitrogens with two attached hydrogens (primary N) is 1. The maximum Gasteiger partial charge on any atom is 0.335 e. The van der Waals surface area contributed by atoms with Crippen LogP contribution in [-0.4, -0.2) is 41.9 Å². The molecule has 0 aliphatic rings. The minimum Gasteiger partial charge on any atom is -0.464 e. The Morgan fingerprint density at radius 2 is 2.03 bits per heavy atom. The van der Waals surface area contributed by atoms with E-state index in [0.717, 1.165) is 0 Å². The summed E-state index contributed by atoms with van der Waals surface area (Å²) in [6.07, 6.45) is 3.04. The Balaban J connectivity index is 1.71. The van der Waals surface area contributed by atoms with Crippen LogP contribution in [0.15, 0.2) is 53.3 Å². The molecular formula is C20H16FN7O3. The Kier molecular flexibility index (Phi) is 4.35. The summed E-state index contributed by atoms with van der Waals surface area (Å²) in [6, 6.07) is 7.99. The van der Waals surface area contributed by atoms with Gasteiger partial charge in [-0.25, -0.2) is 18.9 Å². The van der Waals surface area contributed by atoms with Crippen LogP contribution in [0.2, 0.25) is 0 Å². The molecule has 5 rings (SSSR count). The number of rotatable bonds is 5. The lowest BCUT2D eigenvalue weighted by Gasteiger charge is -2.17. The van der Waals surface area contributed by atoms with Crippen molar-refractivity contribution in [3.05, 3.63) is 60.2 Å². The summed E-state index contributed by atoms with van der Waals surface area (Å²) in [7, 11) is 0. The number of fused-ring (bicyclic) bond motifs is 3. The molecule has 10 nitrogen and oxygen atoms in total. The number of carbonyl (C=O) groups excluding carboxylic acids is 1. The zero-order valence-electron chi connectivity index (χ0n) is 16.3. The van der Waals surface area contributed by atoms with Gasteiger partial charge in [0.2, 0.25) is 11.8 Å². The van der Waals surface area contributed by atoms with Gasteiger partial charge in [-0.05, 0) is 36.8 Å². The zero-order chi connectivity index (χ0) is 21.5. The number of hydrogen-bond acceptors (Lipinski definition) is 8. The van der Waals surface area contributed by atoms with Crippen molar-refractivity contribution in [2.45, 2.75) is 13.0 Å². The topological polar surface area (TPSA) is 126 Å². The number of nitrogens with zero attached hydrogens (tertiary/aromatic N) is 6. The largest absolute Gasteiger partial charge is 0.464 e. The minimum atomic E-state index is -0.986. The Morgan fingerprint density at radius 3 is 2.74 bits per heavy atom. The summed E-state index contributed by atoms with van der Waals surface area (Å²) < 4.78 is 26.8. The molecule has 0 aliphatic heterocycles. The first-order valence-corrected chi connectivity index (χ1v) is 9.42. The highest BCUT2D eigenvalue weighted by atomic mass is 19.1. The molecule has 11 heteroatoms. The molecule has 0 saturated heterocycles. The Morgan fingerprint density at radius 1 is 1.23 bits per heavy atom. The highest BCUT2D eigenvalue weighted by Gasteiger charge is 2.28. The first-order valence-electron chi connectivity index (χ1n) is 9.42. The average molecular weight is 421 g/mol. The van der Waals surface area contributed by atoms with E-state index in [1.54, 1.807) is 19.1 Å². The van der Waals surface area contributed by atoms with Gasteiger partial charge >= 0.3 is 5.97 Å². The number of anilines is 1. The molecule has 2 N–H and O–H groups in total. The smallest absolute Gasteiger partial charge is 0.335 e. The molecule has 0 amide bonds. The fraction of sp³-hybridized carbons (Fsp3) is 0.150. The lowest BCUT2D eigenvalue weighted by Crippen LogP contribution is -2.24. The van der Waals surface area contributed by atoms with Crippen molar-refractivity contribution >= 4 is 28.6 Å². The standard InChI is InChI=1S/C20H16FN7O3/c1-2-30-19(29)15(11-5-7-12(21)8-6-11)27-18-13(10-23-27)17-24-16(14-4-3-9-31-14)26-28(17)20(22)25-18/h3-10,15H,2H2,1H3,(H2,22,25). The molecule has 4 aromatic heterocycles. The van der Waals surface area contributed by atoms with Crippen molar-refractivity contribution in [1.82, 2.24) is 29.4 Å². The van der Waals surface area contributed by atoms with Gasteiger partial charge < -0.3 is 14.9 Å². The number of ether oxygens (including phenoxy) is 1. The third-order valence-electron chi connectivity index (χ3n) is 4.74. The predicted molar refractivity (Wildman–Crippen MR) is 107 cm³/mol. The number of carbonyl (C=O) groups is 1. The summed E-state index contributed by atoms with van der Waals surface area (Å²) in [5.74, 6) is -0.123. The van der Waals surface area contributed by atoms with Crippen LogP contribution < -0.4 is 5.73 Å². The van der Waals surface area contributed by atoms with Gasteiger partial charge in [0.25, 0.3) is 0 Å². The van der Waals surface area contributed by atoms with Crippen molar-refractivity contribution in [2.24, 2.45) is 0 Å². The van der Waals surface area contributed by atoms with Gasteiger partial charge in [-0.1, -0.05) is 12.1 Å². The first kappa shape index (κ1) is 18.7. The molecule has 0 radical (unpaired) electrons. The van der Waals surface area contributed by atoms with E-state index in [4.69, 9.17) is 14.9 Å². The molecule has 4 heterocycles. The van der Waals surface area contributed by atoms with Crippen LogP contribution in [0, 0.1) is 5.82 Å². The number of aromatic nitrogens is 6. The highest BCUT2D eigenvalue weighted by Crippen LogP contribution is 2.28. The van der Waals surface area contributed by atoms with Crippen molar-refractivity contribution in [3.63, 3.8) is 0 Å². The van der Waals surface area contributed by atoms with Crippen LogP contribution in [0.3, 0.4) is 0 Å². The van der Waals surface area contributed by atoms with Crippen molar-refractivity contribution in [2.75, 3.05) is 12.3 Å². The third kappa shape index (κ3) is 3.06. The lowest BCUT2D eigenvalue weighted by atomic mass is 10.1. The Hall–Kier alpha value is -4.28. The van der Waals surface area contributed by atoms with Gasteiger partial charge in [-0.3, -0.25) is 0 Å². The van der Waals surface area contributed by atoms with Crippen LogP contribution in [0.1, 0.15) is 18.5 Å². The van der Waals surface area contributed by atoms with Gasteiger partial charge in [0, 0.05) is 0 Å². The third-order valence-corrected chi connectivity index (χ3v) is 4.74. The van der Waals surface area contributed by atoms with E-state index in [9.17, 15) is 9.18 Å². The SMILES string of the molecule is CCOC(=O)C(c1ccc(F)cc1)n1ncc2c1nc(N)n1nc(-c3ccco3)nc21. The molecule has 0 saturated carbocycles. The van der Waals surface area contributed by atoms with Gasteiger partial charge in [-0.2, -0.15) is 14.6 Å². The number of hydrogen-bond donors (Lipinski definition) is 1. The van der Waals surface area contributed by atoms with Crippen LogP contribution in [0.25, 0.3) is 28.3 Å². The van der Waals surface area contributed by atoms with E-state index in [1.807, 2.05) is 0 Å². The van der Waals surface area contributed by atoms with Crippen molar-refractivity contribution in [3.8, 4) is 11.6 Å². The van der Waals surface area contributed by atoms with Gasteiger partial charge in [0.05, 0.1) is 24.5 Å². The second-order valence-electron chi connectivity index (χ2n) is 6.65. The highest BCUT2D eigenvalue weighted by molar-refractivity contribution is 5.92. The van der Waals surface area contributed by atoms with Gasteiger partial charge in [0.15, 0.2) is 23.1 Å². The summed E-state index contributed by atoms with van der Waals surface area (Å²) in [5, 5.41) is 9.23. The molecule has 0 aliphatic carbocycles. The molecular weight excluding hydrogens is 405 g/mol. The van der Waals surface area contributed by atoms with E-state index in [1.165, 1.54) is 45.9 Å². The molecule has 156 valence electrons. The molecule has 1 unspecified atom stereocenters. The van der Waals surface area contributed by atoms with E-state index in [-0.39, 0.29) is 12.6 Å². The van der Waals surface area contributed by atoms with Crippen LogP contribution in [-0.2, 0) is 9.53 Å². The maximum absolute atomic E-state index is 13.4. The monoisotopic (exact) mass is 421 g/mol. The fourth-order valence-corrected chi connectivity index (χ4v) is 3.37. The molecule has 31 heavy (non-hydrogen) atoms. The first-order chi connectivity index (χ1) is 15.1. The number of furan rings is 1. The van der Waals surface area contributed by atoms with E-state index < -0.39 is 17.8 Å². The lowest BCUT2D eigenvalue weighted by molar-refractivity contribution is -0.145. The second-order valence-corrected chi connectivity index (χ2v) is 6.65.